The Morgan fingerprint density at radius 3 is 2.39 bits per heavy atom. The van der Waals surface area contributed by atoms with E-state index >= 15 is 0 Å². The molecule has 5 nitrogen and oxygen atoms in total. The van der Waals surface area contributed by atoms with E-state index in [4.69, 9.17) is 0 Å². The van der Waals surface area contributed by atoms with Gasteiger partial charge in [0.25, 0.3) is 5.91 Å². The molecular formula is C17H26N2O3S. The fraction of sp³-hybridized carbons (Fsp3) is 0.588. The van der Waals surface area contributed by atoms with E-state index in [0.717, 1.165) is 12.8 Å². The summed E-state index contributed by atoms with van der Waals surface area (Å²) in [7, 11) is -3.53. The molecule has 128 valence electrons. The number of hydrogen-bond donors (Lipinski definition) is 1. The molecule has 1 amide bonds. The number of nitrogens with zero attached hydrogens (tertiary/aromatic N) is 1. The minimum absolute atomic E-state index is 0.189. The Morgan fingerprint density at radius 1 is 1.22 bits per heavy atom. The zero-order chi connectivity index (χ0) is 17.3. The number of benzene rings is 1. The first kappa shape index (κ1) is 17.9. The summed E-state index contributed by atoms with van der Waals surface area (Å²) < 4.78 is 27.0. The van der Waals surface area contributed by atoms with E-state index in [1.807, 2.05) is 20.8 Å². The summed E-state index contributed by atoms with van der Waals surface area (Å²) in [4.78, 5) is 12.4. The first-order valence-electron chi connectivity index (χ1n) is 8.02. The van der Waals surface area contributed by atoms with Crippen molar-refractivity contribution in [1.82, 2.24) is 9.62 Å². The Labute approximate surface area is 139 Å². The lowest BCUT2D eigenvalue weighted by Crippen LogP contribution is -2.41. The highest BCUT2D eigenvalue weighted by atomic mass is 32.2. The topological polar surface area (TPSA) is 66.5 Å². The zero-order valence-electron chi connectivity index (χ0n) is 14.3. The highest BCUT2D eigenvalue weighted by Gasteiger charge is 2.28. The van der Waals surface area contributed by atoms with Gasteiger partial charge in [0.2, 0.25) is 10.0 Å². The number of amides is 1. The SMILES string of the molecule is CC1CCN(S(=O)(=O)c2cccc(C(=O)NC(C)(C)C)c2)CC1. The van der Waals surface area contributed by atoms with E-state index in [0.29, 0.717) is 24.6 Å². The number of sulfonamides is 1. The molecule has 2 rings (SSSR count). The minimum atomic E-state index is -3.53. The molecule has 0 saturated carbocycles. The van der Waals surface area contributed by atoms with E-state index in [-0.39, 0.29) is 16.3 Å². The monoisotopic (exact) mass is 338 g/mol. The lowest BCUT2D eigenvalue weighted by Gasteiger charge is -2.29. The van der Waals surface area contributed by atoms with E-state index in [1.165, 1.54) is 10.4 Å². The quantitative estimate of drug-likeness (QED) is 0.921. The molecule has 1 saturated heterocycles. The molecule has 1 heterocycles. The lowest BCUT2D eigenvalue weighted by molar-refractivity contribution is 0.0919. The van der Waals surface area contributed by atoms with Gasteiger partial charge in [-0.1, -0.05) is 13.0 Å². The maximum Gasteiger partial charge on any atom is 0.251 e. The van der Waals surface area contributed by atoms with Crippen molar-refractivity contribution in [2.24, 2.45) is 5.92 Å². The van der Waals surface area contributed by atoms with Crippen LogP contribution in [0, 0.1) is 5.92 Å². The van der Waals surface area contributed by atoms with Crippen molar-refractivity contribution < 1.29 is 13.2 Å². The van der Waals surface area contributed by atoms with Gasteiger partial charge in [-0.2, -0.15) is 4.31 Å². The molecule has 0 spiro atoms. The van der Waals surface area contributed by atoms with Gasteiger partial charge in [0, 0.05) is 24.2 Å². The molecule has 1 aromatic rings. The molecule has 0 aromatic heterocycles. The number of piperidine rings is 1. The summed E-state index contributed by atoms with van der Waals surface area (Å²) in [6, 6.07) is 6.28. The average molecular weight is 338 g/mol. The Balaban J connectivity index is 2.23. The number of carbonyl (C=O) groups excluding carboxylic acids is 1. The van der Waals surface area contributed by atoms with Crippen molar-refractivity contribution in [3.05, 3.63) is 29.8 Å². The number of nitrogens with one attached hydrogen (secondary N) is 1. The fourth-order valence-corrected chi connectivity index (χ4v) is 4.10. The average Bonchev–Trinajstić information content (AvgIpc) is 2.46. The van der Waals surface area contributed by atoms with Gasteiger partial charge in [0.1, 0.15) is 0 Å². The number of rotatable bonds is 3. The van der Waals surface area contributed by atoms with Gasteiger partial charge < -0.3 is 5.32 Å². The Bertz CT molecular complexity index is 669. The zero-order valence-corrected chi connectivity index (χ0v) is 15.1. The summed E-state index contributed by atoms with van der Waals surface area (Å²) in [5.41, 5.74) is 0.000916. The Morgan fingerprint density at radius 2 is 1.83 bits per heavy atom. The van der Waals surface area contributed by atoms with E-state index in [2.05, 4.69) is 12.2 Å². The molecule has 6 heteroatoms. The Kier molecular flexibility index (Phi) is 5.16. The normalized spacial score (nSPS) is 17.9. The predicted octanol–water partition coefficient (Wildman–Crippen LogP) is 2.64. The first-order chi connectivity index (χ1) is 10.6. The molecule has 1 aromatic carbocycles. The first-order valence-corrected chi connectivity index (χ1v) is 9.46. The third-order valence-electron chi connectivity index (χ3n) is 3.97. The van der Waals surface area contributed by atoms with Crippen LogP contribution in [0.2, 0.25) is 0 Å². The van der Waals surface area contributed by atoms with Gasteiger partial charge in [-0.25, -0.2) is 8.42 Å². The molecule has 1 fully saturated rings. The molecule has 23 heavy (non-hydrogen) atoms. The lowest BCUT2D eigenvalue weighted by atomic mass is 10.0. The number of carbonyl (C=O) groups is 1. The van der Waals surface area contributed by atoms with Gasteiger partial charge >= 0.3 is 0 Å². The van der Waals surface area contributed by atoms with Crippen LogP contribution in [0.3, 0.4) is 0 Å². The van der Waals surface area contributed by atoms with Crippen molar-refractivity contribution in [3.8, 4) is 0 Å². The molecule has 0 unspecified atom stereocenters. The van der Waals surface area contributed by atoms with Crippen molar-refractivity contribution in [2.75, 3.05) is 13.1 Å². The standard InChI is InChI=1S/C17H26N2O3S/c1-13-8-10-19(11-9-13)23(21,22)15-7-5-6-14(12-15)16(20)18-17(2,3)4/h5-7,12-13H,8-11H2,1-4H3,(H,18,20). The van der Waals surface area contributed by atoms with Gasteiger partial charge in [0.05, 0.1) is 4.90 Å². The summed E-state index contributed by atoms with van der Waals surface area (Å²) >= 11 is 0. The maximum atomic E-state index is 12.7. The number of hydrogen-bond acceptors (Lipinski definition) is 3. The van der Waals surface area contributed by atoms with Gasteiger partial charge in [0.15, 0.2) is 0 Å². The largest absolute Gasteiger partial charge is 0.347 e. The summed E-state index contributed by atoms with van der Waals surface area (Å²) in [6.07, 6.45) is 1.76. The van der Waals surface area contributed by atoms with Crippen LogP contribution >= 0.6 is 0 Å². The second-order valence-corrected chi connectivity index (χ2v) is 9.26. The van der Waals surface area contributed by atoms with Gasteiger partial charge in [-0.15, -0.1) is 0 Å². The van der Waals surface area contributed by atoms with Gasteiger partial charge in [-0.05, 0) is 57.7 Å². The summed E-state index contributed by atoms with van der Waals surface area (Å²) in [5, 5.41) is 2.85. The summed E-state index contributed by atoms with van der Waals surface area (Å²) in [5.74, 6) is 0.298. The van der Waals surface area contributed by atoms with Crippen LogP contribution in [0.5, 0.6) is 0 Å². The van der Waals surface area contributed by atoms with E-state index in [9.17, 15) is 13.2 Å². The maximum absolute atomic E-state index is 12.7. The second-order valence-electron chi connectivity index (χ2n) is 7.32. The van der Waals surface area contributed by atoms with Crippen LogP contribution in [0.25, 0.3) is 0 Å². The molecule has 1 aliphatic heterocycles. The van der Waals surface area contributed by atoms with Crippen molar-refractivity contribution in [1.29, 1.82) is 0 Å². The molecular weight excluding hydrogens is 312 g/mol. The highest BCUT2D eigenvalue weighted by Crippen LogP contribution is 2.24. The van der Waals surface area contributed by atoms with Crippen molar-refractivity contribution in [2.45, 2.75) is 51.0 Å². The smallest absolute Gasteiger partial charge is 0.251 e. The molecule has 1 N–H and O–H groups in total. The van der Waals surface area contributed by atoms with E-state index < -0.39 is 10.0 Å². The Hall–Kier alpha value is -1.40. The van der Waals surface area contributed by atoms with Crippen LogP contribution in [-0.4, -0.2) is 37.3 Å². The van der Waals surface area contributed by atoms with Crippen LogP contribution in [0.15, 0.2) is 29.2 Å². The highest BCUT2D eigenvalue weighted by molar-refractivity contribution is 7.89. The van der Waals surface area contributed by atoms with Crippen LogP contribution in [-0.2, 0) is 10.0 Å². The molecule has 0 aliphatic carbocycles. The predicted molar refractivity (Wildman–Crippen MR) is 90.8 cm³/mol. The van der Waals surface area contributed by atoms with Crippen LogP contribution in [0.4, 0.5) is 0 Å². The third-order valence-corrected chi connectivity index (χ3v) is 5.86. The molecule has 0 radical (unpaired) electrons. The second kappa shape index (κ2) is 6.61. The molecule has 1 aliphatic rings. The third kappa shape index (κ3) is 4.54. The molecule has 0 atom stereocenters. The minimum Gasteiger partial charge on any atom is -0.347 e. The van der Waals surface area contributed by atoms with Crippen molar-refractivity contribution in [3.63, 3.8) is 0 Å². The molecule has 0 bridgehead atoms. The van der Waals surface area contributed by atoms with Gasteiger partial charge in [-0.3, -0.25) is 4.79 Å². The van der Waals surface area contributed by atoms with Crippen molar-refractivity contribution >= 4 is 15.9 Å². The van der Waals surface area contributed by atoms with Crippen LogP contribution < -0.4 is 5.32 Å². The van der Waals surface area contributed by atoms with E-state index in [1.54, 1.807) is 18.2 Å². The fourth-order valence-electron chi connectivity index (χ4n) is 2.58. The summed E-state index contributed by atoms with van der Waals surface area (Å²) in [6.45, 7) is 8.90. The van der Waals surface area contributed by atoms with Crippen LogP contribution in [0.1, 0.15) is 50.9 Å².